The third kappa shape index (κ3) is 2.61. The monoisotopic (exact) mass is 296 g/mol. The summed E-state index contributed by atoms with van der Waals surface area (Å²) in [6.45, 7) is 0. The third-order valence-electron chi connectivity index (χ3n) is 2.46. The molecule has 17 heavy (non-hydrogen) atoms. The highest BCUT2D eigenvalue weighted by Crippen LogP contribution is 2.17. The first kappa shape index (κ1) is 12.0. The van der Waals surface area contributed by atoms with Crippen molar-refractivity contribution < 1.29 is 9.18 Å². The first-order valence-corrected chi connectivity index (χ1v) is 5.80. The number of benzene rings is 1. The molecule has 1 aromatic heterocycles. The molecule has 0 N–H and O–H groups in total. The van der Waals surface area contributed by atoms with E-state index in [1.54, 1.807) is 30.1 Å². The smallest absolute Gasteiger partial charge is 0.185 e. The molecule has 2 aromatic rings. The second kappa shape index (κ2) is 4.79. The summed E-state index contributed by atoms with van der Waals surface area (Å²) in [5.41, 5.74) is 0.856. The molecule has 0 fully saturated rings. The minimum Gasteiger partial charge on any atom is -0.331 e. The van der Waals surface area contributed by atoms with E-state index in [1.807, 2.05) is 0 Å². The molecule has 3 nitrogen and oxygen atoms in total. The van der Waals surface area contributed by atoms with Crippen molar-refractivity contribution in [2.24, 2.45) is 7.05 Å². The Kier molecular flexibility index (Phi) is 3.38. The molecule has 0 saturated carbocycles. The average molecular weight is 297 g/mol. The maximum absolute atomic E-state index is 13.5. The van der Waals surface area contributed by atoms with Crippen molar-refractivity contribution >= 4 is 21.7 Å². The standard InChI is InChI=1S/C12H10BrFN2O/c1-16-7-15-6-11(16)12(17)5-8-4-9(13)2-3-10(8)14/h2-4,6-7H,5H2,1H3. The van der Waals surface area contributed by atoms with Gasteiger partial charge in [0.1, 0.15) is 11.5 Å². The Hall–Kier alpha value is -1.49. The van der Waals surface area contributed by atoms with Crippen LogP contribution in [-0.2, 0) is 13.5 Å². The van der Waals surface area contributed by atoms with E-state index in [0.717, 1.165) is 4.47 Å². The molecule has 0 spiro atoms. The number of hydrogen-bond donors (Lipinski definition) is 0. The van der Waals surface area contributed by atoms with E-state index in [2.05, 4.69) is 20.9 Å². The molecule has 2 rings (SSSR count). The van der Waals surface area contributed by atoms with Crippen LogP contribution in [0.3, 0.4) is 0 Å². The molecule has 0 bridgehead atoms. The largest absolute Gasteiger partial charge is 0.331 e. The number of hydrogen-bond acceptors (Lipinski definition) is 2. The van der Waals surface area contributed by atoms with Gasteiger partial charge in [-0.25, -0.2) is 9.37 Å². The van der Waals surface area contributed by atoms with Crippen molar-refractivity contribution in [2.75, 3.05) is 0 Å². The van der Waals surface area contributed by atoms with Crippen LogP contribution in [0.2, 0.25) is 0 Å². The van der Waals surface area contributed by atoms with Gasteiger partial charge in [0, 0.05) is 17.9 Å². The molecule has 0 saturated heterocycles. The van der Waals surface area contributed by atoms with Gasteiger partial charge in [-0.1, -0.05) is 15.9 Å². The number of halogens is 2. The molecule has 0 atom stereocenters. The Labute approximate surface area is 106 Å². The molecular formula is C12H10BrFN2O. The van der Waals surface area contributed by atoms with Crippen molar-refractivity contribution in [1.29, 1.82) is 0 Å². The van der Waals surface area contributed by atoms with E-state index in [0.29, 0.717) is 11.3 Å². The van der Waals surface area contributed by atoms with E-state index in [1.165, 1.54) is 12.3 Å². The van der Waals surface area contributed by atoms with Gasteiger partial charge < -0.3 is 4.57 Å². The molecule has 0 radical (unpaired) electrons. The van der Waals surface area contributed by atoms with Crippen LogP contribution in [0, 0.1) is 5.82 Å². The zero-order chi connectivity index (χ0) is 12.4. The Morgan fingerprint density at radius 3 is 2.94 bits per heavy atom. The van der Waals surface area contributed by atoms with Gasteiger partial charge >= 0.3 is 0 Å². The zero-order valence-corrected chi connectivity index (χ0v) is 10.7. The molecule has 0 amide bonds. The van der Waals surface area contributed by atoms with Gasteiger partial charge in [0.2, 0.25) is 0 Å². The van der Waals surface area contributed by atoms with Crippen LogP contribution in [0.5, 0.6) is 0 Å². The van der Waals surface area contributed by atoms with Gasteiger partial charge in [0.25, 0.3) is 0 Å². The number of Topliss-reactive ketones (excluding diaryl/α,β-unsaturated/α-hetero) is 1. The van der Waals surface area contributed by atoms with Crippen molar-refractivity contribution in [3.63, 3.8) is 0 Å². The zero-order valence-electron chi connectivity index (χ0n) is 9.15. The first-order valence-electron chi connectivity index (χ1n) is 5.01. The third-order valence-corrected chi connectivity index (χ3v) is 2.95. The number of carbonyl (C=O) groups is 1. The summed E-state index contributed by atoms with van der Waals surface area (Å²) in [4.78, 5) is 15.8. The first-order chi connectivity index (χ1) is 8.08. The Balaban J connectivity index is 2.24. The van der Waals surface area contributed by atoms with Crippen LogP contribution in [0.4, 0.5) is 4.39 Å². The normalized spacial score (nSPS) is 10.5. The maximum Gasteiger partial charge on any atom is 0.185 e. The van der Waals surface area contributed by atoms with Crippen LogP contribution in [-0.4, -0.2) is 15.3 Å². The van der Waals surface area contributed by atoms with Crippen molar-refractivity contribution in [3.05, 3.63) is 52.3 Å². The fraction of sp³-hybridized carbons (Fsp3) is 0.167. The van der Waals surface area contributed by atoms with Gasteiger partial charge in [-0.3, -0.25) is 4.79 Å². The molecule has 0 aliphatic heterocycles. The van der Waals surface area contributed by atoms with Crippen molar-refractivity contribution in [2.45, 2.75) is 6.42 Å². The highest BCUT2D eigenvalue weighted by atomic mass is 79.9. The lowest BCUT2D eigenvalue weighted by Gasteiger charge is -2.04. The quantitative estimate of drug-likeness (QED) is 0.817. The molecule has 88 valence electrons. The van der Waals surface area contributed by atoms with Crippen LogP contribution >= 0.6 is 15.9 Å². The SMILES string of the molecule is Cn1cncc1C(=O)Cc1cc(Br)ccc1F. The minimum absolute atomic E-state index is 0.0325. The minimum atomic E-state index is -0.372. The fourth-order valence-electron chi connectivity index (χ4n) is 1.57. The van der Waals surface area contributed by atoms with E-state index >= 15 is 0 Å². The second-order valence-electron chi connectivity index (χ2n) is 3.73. The number of nitrogens with zero attached hydrogens (tertiary/aromatic N) is 2. The highest BCUT2D eigenvalue weighted by Gasteiger charge is 2.13. The summed E-state index contributed by atoms with van der Waals surface area (Å²) in [5, 5.41) is 0. The number of carbonyl (C=O) groups excluding carboxylic acids is 1. The number of aryl methyl sites for hydroxylation is 1. The molecule has 0 unspecified atom stereocenters. The van der Waals surface area contributed by atoms with E-state index < -0.39 is 0 Å². The van der Waals surface area contributed by atoms with Crippen LogP contribution in [0.25, 0.3) is 0 Å². The van der Waals surface area contributed by atoms with Crippen LogP contribution < -0.4 is 0 Å². The maximum atomic E-state index is 13.5. The molecule has 5 heteroatoms. The summed E-state index contributed by atoms with van der Waals surface area (Å²) in [6.07, 6.45) is 3.06. The van der Waals surface area contributed by atoms with Crippen LogP contribution in [0.15, 0.2) is 35.2 Å². The van der Waals surface area contributed by atoms with Gasteiger partial charge in [0.15, 0.2) is 5.78 Å². The summed E-state index contributed by atoms with van der Waals surface area (Å²) < 4.78 is 15.9. The highest BCUT2D eigenvalue weighted by molar-refractivity contribution is 9.10. The fourth-order valence-corrected chi connectivity index (χ4v) is 1.98. The molecule has 1 aromatic carbocycles. The molecule has 1 heterocycles. The van der Waals surface area contributed by atoms with E-state index in [9.17, 15) is 9.18 Å². The molecular weight excluding hydrogens is 287 g/mol. The van der Waals surface area contributed by atoms with E-state index in [-0.39, 0.29) is 18.0 Å². The number of imidazole rings is 1. The Bertz CT molecular complexity index is 565. The molecule has 0 aliphatic carbocycles. The second-order valence-corrected chi connectivity index (χ2v) is 4.64. The number of ketones is 1. The van der Waals surface area contributed by atoms with Crippen LogP contribution in [0.1, 0.15) is 16.1 Å². The molecule has 0 aliphatic rings. The predicted molar refractivity (Wildman–Crippen MR) is 65.3 cm³/mol. The Morgan fingerprint density at radius 1 is 1.53 bits per heavy atom. The van der Waals surface area contributed by atoms with Crippen molar-refractivity contribution in [3.8, 4) is 0 Å². The number of rotatable bonds is 3. The van der Waals surface area contributed by atoms with Gasteiger partial charge in [-0.15, -0.1) is 0 Å². The van der Waals surface area contributed by atoms with Gasteiger partial charge in [-0.2, -0.15) is 0 Å². The summed E-state index contributed by atoms with van der Waals surface area (Å²) >= 11 is 3.25. The lowest BCUT2D eigenvalue weighted by molar-refractivity contribution is 0.0984. The number of aromatic nitrogens is 2. The van der Waals surface area contributed by atoms with E-state index in [4.69, 9.17) is 0 Å². The lowest BCUT2D eigenvalue weighted by Crippen LogP contribution is -2.09. The lowest BCUT2D eigenvalue weighted by atomic mass is 10.1. The van der Waals surface area contributed by atoms with Gasteiger partial charge in [0.05, 0.1) is 12.5 Å². The average Bonchev–Trinajstić information content (AvgIpc) is 2.70. The van der Waals surface area contributed by atoms with Crippen molar-refractivity contribution in [1.82, 2.24) is 9.55 Å². The van der Waals surface area contributed by atoms with Gasteiger partial charge in [-0.05, 0) is 23.8 Å². The predicted octanol–water partition coefficient (Wildman–Crippen LogP) is 2.75. The summed E-state index contributed by atoms with van der Waals surface area (Å²) in [5.74, 6) is -0.522. The Morgan fingerprint density at radius 2 is 2.29 bits per heavy atom. The summed E-state index contributed by atoms with van der Waals surface area (Å²) in [6, 6.07) is 4.56. The topological polar surface area (TPSA) is 34.9 Å². The summed E-state index contributed by atoms with van der Waals surface area (Å²) in [7, 11) is 1.73.